The van der Waals surface area contributed by atoms with Crippen LogP contribution in [-0.4, -0.2) is 32.3 Å². The van der Waals surface area contributed by atoms with Gasteiger partial charge in [-0.05, 0) is 30.7 Å². The van der Waals surface area contributed by atoms with E-state index in [2.05, 4.69) is 15.4 Å². The number of anilines is 1. The number of hydrogen-bond donors (Lipinski definition) is 2. The summed E-state index contributed by atoms with van der Waals surface area (Å²) in [7, 11) is 1.29. The third kappa shape index (κ3) is 5.76. The van der Waals surface area contributed by atoms with Crippen LogP contribution in [0.3, 0.4) is 0 Å². The van der Waals surface area contributed by atoms with Crippen molar-refractivity contribution in [3.8, 4) is 5.75 Å². The van der Waals surface area contributed by atoms with Crippen LogP contribution in [0, 0.1) is 0 Å². The molecular formula is C13H18N2O4. The second-order valence-electron chi connectivity index (χ2n) is 3.78. The van der Waals surface area contributed by atoms with E-state index in [4.69, 9.17) is 4.74 Å². The highest BCUT2D eigenvalue weighted by atomic mass is 16.5. The molecule has 6 nitrogen and oxygen atoms in total. The molecule has 0 unspecified atom stereocenters. The van der Waals surface area contributed by atoms with E-state index in [1.54, 1.807) is 24.3 Å². The maximum absolute atomic E-state index is 11.3. The summed E-state index contributed by atoms with van der Waals surface area (Å²) < 4.78 is 9.76. The van der Waals surface area contributed by atoms with Gasteiger partial charge in [0.1, 0.15) is 5.75 Å². The van der Waals surface area contributed by atoms with E-state index in [1.807, 2.05) is 6.92 Å². The second-order valence-corrected chi connectivity index (χ2v) is 3.78. The summed E-state index contributed by atoms with van der Waals surface area (Å²) >= 11 is 0. The van der Waals surface area contributed by atoms with E-state index in [0.29, 0.717) is 18.0 Å². The number of carbonyl (C=O) groups excluding carboxylic acids is 2. The number of amides is 2. The van der Waals surface area contributed by atoms with Crippen LogP contribution in [0.25, 0.3) is 0 Å². The Balaban J connectivity index is 2.39. The summed E-state index contributed by atoms with van der Waals surface area (Å²) in [5, 5.41) is 5.23. The molecule has 1 aromatic carbocycles. The van der Waals surface area contributed by atoms with E-state index in [1.165, 1.54) is 7.11 Å². The monoisotopic (exact) mass is 266 g/mol. The van der Waals surface area contributed by atoms with Crippen molar-refractivity contribution in [2.24, 2.45) is 0 Å². The van der Waals surface area contributed by atoms with E-state index in [-0.39, 0.29) is 12.5 Å². The summed E-state index contributed by atoms with van der Waals surface area (Å²) in [5.41, 5.74) is 0.592. The molecule has 0 saturated heterocycles. The van der Waals surface area contributed by atoms with Gasteiger partial charge >= 0.3 is 6.09 Å². The number of carbonyl (C=O) groups is 2. The summed E-state index contributed by atoms with van der Waals surface area (Å²) in [6.45, 7) is 2.60. The third-order valence-corrected chi connectivity index (χ3v) is 2.23. The fourth-order valence-corrected chi connectivity index (χ4v) is 1.27. The number of benzene rings is 1. The van der Waals surface area contributed by atoms with Crippen molar-refractivity contribution in [1.82, 2.24) is 5.32 Å². The Kier molecular flexibility index (Phi) is 6.21. The van der Waals surface area contributed by atoms with E-state index < -0.39 is 6.09 Å². The summed E-state index contributed by atoms with van der Waals surface area (Å²) in [4.78, 5) is 22.3. The minimum Gasteiger partial charge on any atom is -0.484 e. The zero-order valence-electron chi connectivity index (χ0n) is 11.1. The first kappa shape index (κ1) is 14.8. The molecule has 0 fully saturated rings. The van der Waals surface area contributed by atoms with E-state index in [0.717, 1.165) is 6.42 Å². The van der Waals surface area contributed by atoms with Crippen molar-refractivity contribution in [2.75, 3.05) is 25.6 Å². The number of methoxy groups -OCH3 is 1. The average molecular weight is 266 g/mol. The second kappa shape index (κ2) is 7.97. The van der Waals surface area contributed by atoms with Crippen LogP contribution < -0.4 is 15.4 Å². The minimum atomic E-state index is -0.535. The number of rotatable bonds is 6. The SMILES string of the molecule is CCCNC(=O)COc1ccc(NC(=O)OC)cc1. The van der Waals surface area contributed by atoms with Gasteiger partial charge in [-0.15, -0.1) is 0 Å². The van der Waals surface area contributed by atoms with Crippen LogP contribution in [0.1, 0.15) is 13.3 Å². The van der Waals surface area contributed by atoms with Crippen LogP contribution in [-0.2, 0) is 9.53 Å². The molecule has 0 aliphatic rings. The van der Waals surface area contributed by atoms with Crippen LogP contribution in [0.15, 0.2) is 24.3 Å². The number of nitrogens with one attached hydrogen (secondary N) is 2. The van der Waals surface area contributed by atoms with Crippen LogP contribution >= 0.6 is 0 Å². The molecule has 19 heavy (non-hydrogen) atoms. The zero-order chi connectivity index (χ0) is 14.1. The molecule has 0 saturated carbocycles. The maximum atomic E-state index is 11.3. The molecule has 0 aromatic heterocycles. The normalized spacial score (nSPS) is 9.58. The van der Waals surface area contributed by atoms with Crippen molar-refractivity contribution in [3.05, 3.63) is 24.3 Å². The lowest BCUT2D eigenvalue weighted by Crippen LogP contribution is -2.29. The Morgan fingerprint density at radius 3 is 2.47 bits per heavy atom. The number of ether oxygens (including phenoxy) is 2. The fourth-order valence-electron chi connectivity index (χ4n) is 1.27. The quantitative estimate of drug-likeness (QED) is 0.822. The lowest BCUT2D eigenvalue weighted by molar-refractivity contribution is -0.123. The Labute approximate surface area is 112 Å². The fraction of sp³-hybridized carbons (Fsp3) is 0.385. The summed E-state index contributed by atoms with van der Waals surface area (Å²) in [6.07, 6.45) is 0.354. The van der Waals surface area contributed by atoms with Gasteiger partial charge in [0, 0.05) is 12.2 Å². The minimum absolute atomic E-state index is 0.0240. The number of hydrogen-bond acceptors (Lipinski definition) is 4. The average Bonchev–Trinajstić information content (AvgIpc) is 2.44. The standard InChI is InChI=1S/C13H18N2O4/c1-3-8-14-12(16)9-19-11-6-4-10(5-7-11)15-13(17)18-2/h4-7H,3,8-9H2,1-2H3,(H,14,16)(H,15,17). The topological polar surface area (TPSA) is 76.7 Å². The lowest BCUT2D eigenvalue weighted by Gasteiger charge is -2.08. The van der Waals surface area contributed by atoms with Gasteiger partial charge in [-0.25, -0.2) is 4.79 Å². The van der Waals surface area contributed by atoms with Gasteiger partial charge in [0.15, 0.2) is 6.61 Å². The smallest absolute Gasteiger partial charge is 0.411 e. The highest BCUT2D eigenvalue weighted by Crippen LogP contribution is 2.15. The molecule has 1 aromatic rings. The van der Waals surface area contributed by atoms with Crippen molar-refractivity contribution in [3.63, 3.8) is 0 Å². The molecule has 104 valence electrons. The molecule has 0 atom stereocenters. The highest BCUT2D eigenvalue weighted by molar-refractivity contribution is 5.84. The molecule has 0 aliphatic heterocycles. The molecule has 0 radical (unpaired) electrons. The predicted octanol–water partition coefficient (Wildman–Crippen LogP) is 1.77. The van der Waals surface area contributed by atoms with Gasteiger partial charge in [-0.3, -0.25) is 10.1 Å². The van der Waals surface area contributed by atoms with Gasteiger partial charge in [0.2, 0.25) is 0 Å². The van der Waals surface area contributed by atoms with Gasteiger partial charge in [-0.1, -0.05) is 6.92 Å². The Morgan fingerprint density at radius 2 is 1.89 bits per heavy atom. The first-order chi connectivity index (χ1) is 9.15. The summed E-state index contributed by atoms with van der Waals surface area (Å²) in [5.74, 6) is 0.403. The van der Waals surface area contributed by atoms with Gasteiger partial charge in [-0.2, -0.15) is 0 Å². The Morgan fingerprint density at radius 1 is 1.21 bits per heavy atom. The van der Waals surface area contributed by atoms with E-state index in [9.17, 15) is 9.59 Å². The van der Waals surface area contributed by atoms with E-state index >= 15 is 0 Å². The van der Waals surface area contributed by atoms with Crippen LogP contribution in [0.2, 0.25) is 0 Å². The lowest BCUT2D eigenvalue weighted by atomic mass is 10.3. The molecule has 0 heterocycles. The van der Waals surface area contributed by atoms with Crippen molar-refractivity contribution in [1.29, 1.82) is 0 Å². The summed E-state index contributed by atoms with van der Waals surface area (Å²) in [6, 6.07) is 6.66. The molecule has 0 aliphatic carbocycles. The Hall–Kier alpha value is -2.24. The van der Waals surface area contributed by atoms with Crippen LogP contribution in [0.4, 0.5) is 10.5 Å². The molecule has 2 amide bonds. The van der Waals surface area contributed by atoms with Crippen molar-refractivity contribution >= 4 is 17.7 Å². The highest BCUT2D eigenvalue weighted by Gasteiger charge is 2.03. The van der Waals surface area contributed by atoms with Crippen molar-refractivity contribution in [2.45, 2.75) is 13.3 Å². The molecule has 0 spiro atoms. The van der Waals surface area contributed by atoms with Gasteiger partial charge in [0.25, 0.3) is 5.91 Å². The van der Waals surface area contributed by atoms with Gasteiger partial charge < -0.3 is 14.8 Å². The first-order valence-corrected chi connectivity index (χ1v) is 6.00. The molecular weight excluding hydrogens is 248 g/mol. The largest absolute Gasteiger partial charge is 0.484 e. The Bertz CT molecular complexity index is 417. The third-order valence-electron chi connectivity index (χ3n) is 2.23. The molecule has 6 heteroatoms. The zero-order valence-corrected chi connectivity index (χ0v) is 11.1. The molecule has 2 N–H and O–H groups in total. The molecule has 0 bridgehead atoms. The molecule has 1 rings (SSSR count). The first-order valence-electron chi connectivity index (χ1n) is 6.00. The van der Waals surface area contributed by atoms with Gasteiger partial charge in [0.05, 0.1) is 7.11 Å². The maximum Gasteiger partial charge on any atom is 0.411 e. The predicted molar refractivity (Wildman–Crippen MR) is 71.3 cm³/mol. The van der Waals surface area contributed by atoms with Crippen LogP contribution in [0.5, 0.6) is 5.75 Å². The van der Waals surface area contributed by atoms with Crippen molar-refractivity contribution < 1.29 is 19.1 Å².